The van der Waals surface area contributed by atoms with Gasteiger partial charge >= 0.3 is 6.18 Å². The van der Waals surface area contributed by atoms with Crippen molar-refractivity contribution in [3.8, 4) is 11.5 Å². The molecule has 0 unspecified atom stereocenters. The maximum atomic E-state index is 14.1. The van der Waals surface area contributed by atoms with Crippen LogP contribution in [0.3, 0.4) is 0 Å². The van der Waals surface area contributed by atoms with E-state index in [1.807, 2.05) is 24.3 Å². The van der Waals surface area contributed by atoms with E-state index in [0.717, 1.165) is 24.2 Å². The van der Waals surface area contributed by atoms with Crippen molar-refractivity contribution < 1.29 is 41.8 Å². The van der Waals surface area contributed by atoms with Crippen molar-refractivity contribution in [1.29, 1.82) is 0 Å². The van der Waals surface area contributed by atoms with Crippen molar-refractivity contribution >= 4 is 35.0 Å². The van der Waals surface area contributed by atoms with E-state index in [1.54, 1.807) is 54.5 Å². The first-order chi connectivity index (χ1) is 24.0. The number of nitrogens with zero attached hydrogens (tertiary/aromatic N) is 2. The highest BCUT2D eigenvalue weighted by atomic mass is 35.5. The molecule has 0 aromatic heterocycles. The minimum absolute atomic E-state index is 0.0398. The number of rotatable bonds is 16. The van der Waals surface area contributed by atoms with Crippen LogP contribution in [0.1, 0.15) is 42.4 Å². The van der Waals surface area contributed by atoms with E-state index >= 15 is 0 Å². The zero-order chi connectivity index (χ0) is 35.7. The zero-order valence-corrected chi connectivity index (χ0v) is 28.4. The number of hydrogen-bond donors (Lipinski definition) is 2. The Labute approximate surface area is 293 Å². The van der Waals surface area contributed by atoms with Crippen LogP contribution in [0.25, 0.3) is 0 Å². The molecule has 1 aliphatic heterocycles. The van der Waals surface area contributed by atoms with Crippen LogP contribution in [0.15, 0.2) is 66.7 Å². The first kappa shape index (κ1) is 36.9. The van der Waals surface area contributed by atoms with Crippen LogP contribution in [0.4, 0.5) is 18.9 Å². The van der Waals surface area contributed by atoms with Gasteiger partial charge in [0.25, 0.3) is 0 Å². The molecule has 1 atom stereocenters. The van der Waals surface area contributed by atoms with E-state index < -0.39 is 24.5 Å². The molecule has 1 heterocycles. The quantitative estimate of drug-likeness (QED) is 0.191. The summed E-state index contributed by atoms with van der Waals surface area (Å²) in [4.78, 5) is 42.2. The highest BCUT2D eigenvalue weighted by Crippen LogP contribution is 2.33. The molecule has 1 saturated heterocycles. The molecule has 0 spiro atoms. The molecule has 3 aromatic carbocycles. The van der Waals surface area contributed by atoms with Crippen molar-refractivity contribution in [2.45, 2.75) is 63.6 Å². The lowest BCUT2D eigenvalue weighted by Gasteiger charge is -2.38. The maximum absolute atomic E-state index is 14.1. The lowest BCUT2D eigenvalue weighted by molar-refractivity contribution is -0.153. The van der Waals surface area contributed by atoms with Crippen molar-refractivity contribution in [2.24, 2.45) is 0 Å². The Balaban J connectivity index is 1.18. The summed E-state index contributed by atoms with van der Waals surface area (Å²) in [6.07, 6.45) is -3.92. The van der Waals surface area contributed by atoms with Crippen LogP contribution in [-0.4, -0.2) is 74.3 Å². The molecule has 2 aliphatic rings. The van der Waals surface area contributed by atoms with Gasteiger partial charge in [-0.3, -0.25) is 19.3 Å². The van der Waals surface area contributed by atoms with Crippen LogP contribution in [0.5, 0.6) is 11.5 Å². The molecular formula is C36H40ClF3N4O6. The summed E-state index contributed by atoms with van der Waals surface area (Å²) in [6.45, 7) is 1.71. The normalized spacial score (nSPS) is 16.2. The summed E-state index contributed by atoms with van der Waals surface area (Å²) < 4.78 is 54.7. The lowest BCUT2D eigenvalue weighted by Crippen LogP contribution is -2.61. The molecule has 0 radical (unpaired) electrons. The second kappa shape index (κ2) is 17.1. The third kappa shape index (κ3) is 10.3. The second-order valence-electron chi connectivity index (χ2n) is 12.2. The summed E-state index contributed by atoms with van der Waals surface area (Å²) in [5.74, 6) is -0.236. The van der Waals surface area contributed by atoms with Gasteiger partial charge in [-0.15, -0.1) is 0 Å². The number of anilines is 1. The fraction of sp³-hybridized carbons (Fsp3) is 0.417. The Hall–Kier alpha value is -4.33. The average Bonchev–Trinajstić information content (AvgIpc) is 3.94. The van der Waals surface area contributed by atoms with Gasteiger partial charge in [0.2, 0.25) is 17.7 Å². The SMILES string of the molecule is COc1ccccc1COCCCOc1ccc(N2C(=O)CNC[C@@H]2C(=O)N(Cc2cc(CNC(=O)CC(F)(F)F)ccc2Cl)C2CC2)cc1. The van der Waals surface area contributed by atoms with Gasteiger partial charge in [0, 0.05) is 48.4 Å². The summed E-state index contributed by atoms with van der Waals surface area (Å²) >= 11 is 6.49. The van der Waals surface area contributed by atoms with E-state index in [0.29, 0.717) is 53.8 Å². The first-order valence-electron chi connectivity index (χ1n) is 16.4. The van der Waals surface area contributed by atoms with Gasteiger partial charge in [0.05, 0.1) is 33.5 Å². The Morgan fingerprint density at radius 2 is 1.80 bits per heavy atom. The Kier molecular flexibility index (Phi) is 12.6. The van der Waals surface area contributed by atoms with E-state index in [-0.39, 0.29) is 44.0 Å². The molecule has 50 heavy (non-hydrogen) atoms. The highest BCUT2D eigenvalue weighted by molar-refractivity contribution is 6.31. The average molecular weight is 717 g/mol. The van der Waals surface area contributed by atoms with E-state index in [1.165, 1.54) is 4.90 Å². The number of halogens is 4. The number of piperazine rings is 1. The molecule has 1 saturated carbocycles. The molecule has 1 aliphatic carbocycles. The fourth-order valence-corrected chi connectivity index (χ4v) is 5.88. The number of ether oxygens (including phenoxy) is 3. The number of hydrogen-bond acceptors (Lipinski definition) is 7. The molecule has 2 N–H and O–H groups in total. The van der Waals surface area contributed by atoms with E-state index in [9.17, 15) is 27.6 Å². The number of para-hydroxylation sites is 1. The molecule has 3 amide bonds. The number of methoxy groups -OCH3 is 1. The number of benzene rings is 3. The van der Waals surface area contributed by atoms with Gasteiger partial charge in [-0.2, -0.15) is 13.2 Å². The Morgan fingerprint density at radius 1 is 1.04 bits per heavy atom. The summed E-state index contributed by atoms with van der Waals surface area (Å²) in [5, 5.41) is 5.70. The zero-order valence-electron chi connectivity index (χ0n) is 27.6. The van der Waals surface area contributed by atoms with Gasteiger partial charge in [0.1, 0.15) is 24.0 Å². The van der Waals surface area contributed by atoms with Gasteiger partial charge in [-0.05, 0) is 60.4 Å². The fourth-order valence-electron chi connectivity index (χ4n) is 5.70. The summed E-state index contributed by atoms with van der Waals surface area (Å²) in [7, 11) is 1.62. The molecule has 0 bridgehead atoms. The lowest BCUT2D eigenvalue weighted by atomic mass is 10.1. The number of carbonyl (C=O) groups is 3. The van der Waals surface area contributed by atoms with Gasteiger partial charge in [0.15, 0.2) is 0 Å². The predicted molar refractivity (Wildman–Crippen MR) is 181 cm³/mol. The predicted octanol–water partition coefficient (Wildman–Crippen LogP) is 5.40. The number of carbonyl (C=O) groups excluding carboxylic acids is 3. The van der Waals surface area contributed by atoms with Crippen LogP contribution >= 0.6 is 11.6 Å². The Bertz CT molecular complexity index is 1640. The molecule has 2 fully saturated rings. The highest BCUT2D eigenvalue weighted by Gasteiger charge is 2.41. The first-order valence-corrected chi connectivity index (χ1v) is 16.8. The number of nitrogens with one attached hydrogen (secondary N) is 2. The minimum atomic E-state index is -4.60. The van der Waals surface area contributed by atoms with E-state index in [2.05, 4.69) is 10.6 Å². The number of amides is 3. The van der Waals surface area contributed by atoms with Crippen LogP contribution < -0.4 is 25.0 Å². The number of alkyl halides is 3. The monoisotopic (exact) mass is 716 g/mol. The van der Waals surface area contributed by atoms with Crippen molar-refractivity contribution in [3.63, 3.8) is 0 Å². The maximum Gasteiger partial charge on any atom is 0.397 e. The topological polar surface area (TPSA) is 109 Å². The van der Waals surface area contributed by atoms with Crippen LogP contribution in [0.2, 0.25) is 5.02 Å². The summed E-state index contributed by atoms with van der Waals surface area (Å²) in [6, 6.07) is 18.7. The molecule has 14 heteroatoms. The van der Waals surface area contributed by atoms with Gasteiger partial charge in [-0.25, -0.2) is 0 Å². The molecule has 5 rings (SSSR count). The van der Waals surface area contributed by atoms with Crippen LogP contribution in [0, 0.1) is 0 Å². The third-order valence-electron chi connectivity index (χ3n) is 8.32. The third-order valence-corrected chi connectivity index (χ3v) is 8.69. The standard InChI is InChI=1S/C36H40ClF3N4O6/c1-48-32-6-3-2-5-25(32)23-49-15-4-16-50-29-12-10-28(11-13-29)44-31(20-41-21-34(44)46)35(47)43(27-8-9-27)22-26-17-24(7-14-30(26)37)19-42-33(45)18-36(38,39)40/h2-3,5-7,10-14,17,27,31,41H,4,8-9,15-16,18-23H2,1H3,(H,42,45)/t31-/m1/s1. The summed E-state index contributed by atoms with van der Waals surface area (Å²) in [5.41, 5.74) is 2.66. The van der Waals surface area contributed by atoms with Crippen LogP contribution in [-0.2, 0) is 38.8 Å². The second-order valence-corrected chi connectivity index (χ2v) is 12.6. The minimum Gasteiger partial charge on any atom is -0.496 e. The van der Waals surface area contributed by atoms with Crippen molar-refractivity contribution in [3.05, 3.63) is 88.4 Å². The van der Waals surface area contributed by atoms with Crippen molar-refractivity contribution in [1.82, 2.24) is 15.5 Å². The van der Waals surface area contributed by atoms with Gasteiger partial charge in [-0.1, -0.05) is 41.9 Å². The van der Waals surface area contributed by atoms with Gasteiger partial charge < -0.3 is 29.7 Å². The molecule has 268 valence electrons. The molecule has 10 nitrogen and oxygen atoms in total. The largest absolute Gasteiger partial charge is 0.496 e. The van der Waals surface area contributed by atoms with Crippen molar-refractivity contribution in [2.75, 3.05) is 38.3 Å². The molecular weight excluding hydrogens is 677 g/mol. The smallest absolute Gasteiger partial charge is 0.397 e. The van der Waals surface area contributed by atoms with E-state index in [4.69, 9.17) is 25.8 Å². The Morgan fingerprint density at radius 3 is 2.52 bits per heavy atom. The molecule has 3 aromatic rings.